The van der Waals surface area contributed by atoms with Crippen LogP contribution in [0.25, 0.3) is 0 Å². The summed E-state index contributed by atoms with van der Waals surface area (Å²) in [6.07, 6.45) is 2.69. The highest BCUT2D eigenvalue weighted by Crippen LogP contribution is 2.23. The Morgan fingerprint density at radius 3 is 2.80 bits per heavy atom. The Bertz CT molecular complexity index is 609. The van der Waals surface area contributed by atoms with Crippen molar-refractivity contribution in [3.63, 3.8) is 0 Å². The zero-order valence-corrected chi connectivity index (χ0v) is 11.4. The van der Waals surface area contributed by atoms with Crippen LogP contribution in [-0.4, -0.2) is 30.4 Å². The van der Waals surface area contributed by atoms with Crippen molar-refractivity contribution in [3.8, 4) is 0 Å². The van der Waals surface area contributed by atoms with Crippen LogP contribution in [0.15, 0.2) is 51.5 Å². The van der Waals surface area contributed by atoms with E-state index in [1.165, 1.54) is 7.11 Å². The summed E-state index contributed by atoms with van der Waals surface area (Å²) in [6, 6.07) is 9.44. The van der Waals surface area contributed by atoms with E-state index in [0.29, 0.717) is 5.17 Å². The van der Waals surface area contributed by atoms with Gasteiger partial charge in [0.15, 0.2) is 5.17 Å². The predicted molar refractivity (Wildman–Crippen MR) is 77.3 cm³/mol. The summed E-state index contributed by atoms with van der Waals surface area (Å²) in [5.41, 5.74) is 0.900. The molecular weight excluding hydrogens is 278 g/mol. The second-order valence-electron chi connectivity index (χ2n) is 3.65. The Morgan fingerprint density at radius 2 is 2.10 bits per heavy atom. The Morgan fingerprint density at radius 1 is 1.35 bits per heavy atom. The maximum Gasteiger partial charge on any atom is 0.331 e. The van der Waals surface area contributed by atoms with E-state index < -0.39 is 11.9 Å². The predicted octanol–water partition coefficient (Wildman–Crippen LogP) is 1.30. The first-order valence-corrected chi connectivity index (χ1v) is 6.45. The van der Waals surface area contributed by atoms with E-state index in [0.717, 1.165) is 23.4 Å². The highest BCUT2D eigenvalue weighted by atomic mass is 32.2. The maximum absolute atomic E-state index is 11.5. The number of methoxy groups -OCH3 is 1. The number of nitrogens with one attached hydrogen (secondary N) is 1. The molecule has 2 rings (SSSR count). The smallest absolute Gasteiger partial charge is 0.331 e. The topological polar surface area (TPSA) is 80.1 Å². The lowest BCUT2D eigenvalue weighted by molar-refractivity contribution is -0.135. The summed E-state index contributed by atoms with van der Waals surface area (Å²) < 4.78 is 4.46. The van der Waals surface area contributed by atoms with Crippen LogP contribution in [0, 0.1) is 0 Å². The van der Waals surface area contributed by atoms with Gasteiger partial charge < -0.3 is 4.74 Å². The summed E-state index contributed by atoms with van der Waals surface area (Å²) in [5.74, 6) is -0.981. The molecule has 1 aromatic carbocycles. The molecule has 0 aliphatic carbocycles. The molecule has 0 spiro atoms. The number of ether oxygens (including phenoxy) is 1. The molecule has 0 saturated carbocycles. The van der Waals surface area contributed by atoms with Crippen LogP contribution >= 0.6 is 11.8 Å². The van der Waals surface area contributed by atoms with Gasteiger partial charge in [-0.2, -0.15) is 5.10 Å². The van der Waals surface area contributed by atoms with Crippen LogP contribution < -0.4 is 5.32 Å². The summed E-state index contributed by atoms with van der Waals surface area (Å²) in [7, 11) is 1.25. The van der Waals surface area contributed by atoms with Gasteiger partial charge in [0, 0.05) is 6.08 Å². The lowest BCUT2D eigenvalue weighted by Gasteiger charge is -1.90. The monoisotopic (exact) mass is 289 g/mol. The Hall–Kier alpha value is -2.41. The van der Waals surface area contributed by atoms with E-state index >= 15 is 0 Å². The van der Waals surface area contributed by atoms with Gasteiger partial charge >= 0.3 is 5.97 Å². The fourth-order valence-electron chi connectivity index (χ4n) is 1.33. The minimum atomic E-state index is -0.586. The normalized spacial score (nSPS) is 18.8. The van der Waals surface area contributed by atoms with E-state index in [-0.39, 0.29) is 4.91 Å². The molecule has 0 radical (unpaired) electrons. The van der Waals surface area contributed by atoms with Gasteiger partial charge in [0.2, 0.25) is 0 Å². The zero-order valence-electron chi connectivity index (χ0n) is 10.6. The van der Waals surface area contributed by atoms with Crippen LogP contribution in [0.2, 0.25) is 0 Å². The van der Waals surface area contributed by atoms with Gasteiger partial charge in [-0.15, -0.1) is 5.10 Å². The summed E-state index contributed by atoms with van der Waals surface area (Å²) >= 11 is 1.03. The number of carbonyl (C=O) groups is 2. The highest BCUT2D eigenvalue weighted by molar-refractivity contribution is 8.18. The molecule has 1 N–H and O–H groups in total. The molecule has 1 heterocycles. The first-order chi connectivity index (χ1) is 9.69. The van der Waals surface area contributed by atoms with Crippen LogP contribution in [0.1, 0.15) is 5.56 Å². The fraction of sp³-hybridized carbons (Fsp3) is 0.0769. The number of carbonyl (C=O) groups excluding carboxylic acids is 2. The number of thioether (sulfide) groups is 1. The number of benzene rings is 1. The van der Waals surface area contributed by atoms with Crippen LogP contribution in [0.3, 0.4) is 0 Å². The second kappa shape index (κ2) is 6.67. The van der Waals surface area contributed by atoms with Crippen molar-refractivity contribution < 1.29 is 14.3 Å². The molecule has 0 atom stereocenters. The Labute approximate surface area is 119 Å². The van der Waals surface area contributed by atoms with Gasteiger partial charge in [0.1, 0.15) is 0 Å². The minimum absolute atomic E-state index is 0.227. The largest absolute Gasteiger partial charge is 0.466 e. The standard InChI is InChI=1S/C13H11N3O3S/c1-19-11(17)7-10-12(18)15-13(20-10)16-14-8-9-5-3-2-4-6-9/h2-8H,1H3,(H,15,16,18)/b10-7+,14-8?. The lowest BCUT2D eigenvalue weighted by Crippen LogP contribution is -2.19. The Kier molecular flexibility index (Phi) is 4.67. The number of rotatable bonds is 3. The molecule has 0 unspecified atom stereocenters. The number of hydrogen-bond acceptors (Lipinski definition) is 6. The molecule has 1 fully saturated rings. The first kappa shape index (κ1) is 14.0. The van der Waals surface area contributed by atoms with Gasteiger partial charge in [-0.1, -0.05) is 30.3 Å². The number of esters is 1. The highest BCUT2D eigenvalue weighted by Gasteiger charge is 2.24. The molecule has 1 aromatic rings. The molecule has 6 nitrogen and oxygen atoms in total. The van der Waals surface area contributed by atoms with Gasteiger partial charge in [-0.05, 0) is 17.3 Å². The SMILES string of the molecule is COC(=O)/C=C1/S/C(=N\N=Cc2ccccc2)NC1=O. The van der Waals surface area contributed by atoms with Crippen molar-refractivity contribution >= 4 is 35.0 Å². The van der Waals surface area contributed by atoms with Crippen LogP contribution in [-0.2, 0) is 14.3 Å². The number of hydrogen-bond donors (Lipinski definition) is 1. The molecule has 1 aliphatic heterocycles. The van der Waals surface area contributed by atoms with E-state index in [2.05, 4.69) is 20.3 Å². The van der Waals surface area contributed by atoms with Crippen LogP contribution in [0.4, 0.5) is 0 Å². The third-order valence-electron chi connectivity index (χ3n) is 2.26. The molecule has 1 aliphatic rings. The van der Waals surface area contributed by atoms with Crippen molar-refractivity contribution in [1.29, 1.82) is 0 Å². The van der Waals surface area contributed by atoms with Crippen LogP contribution in [0.5, 0.6) is 0 Å². The quantitative estimate of drug-likeness (QED) is 0.393. The second-order valence-corrected chi connectivity index (χ2v) is 4.68. The fourth-order valence-corrected chi connectivity index (χ4v) is 2.07. The summed E-state index contributed by atoms with van der Waals surface area (Å²) in [5, 5.41) is 10.6. The lowest BCUT2D eigenvalue weighted by atomic mass is 10.2. The summed E-state index contributed by atoms with van der Waals surface area (Å²) in [6.45, 7) is 0. The van der Waals surface area contributed by atoms with Gasteiger partial charge in [-0.25, -0.2) is 4.79 Å². The molecule has 0 bridgehead atoms. The van der Waals surface area contributed by atoms with Gasteiger partial charge in [0.05, 0.1) is 18.2 Å². The molecule has 20 heavy (non-hydrogen) atoms. The third kappa shape index (κ3) is 3.79. The third-order valence-corrected chi connectivity index (χ3v) is 3.16. The average molecular weight is 289 g/mol. The average Bonchev–Trinajstić information content (AvgIpc) is 2.80. The van der Waals surface area contributed by atoms with Crippen molar-refractivity contribution in [1.82, 2.24) is 5.32 Å². The Balaban J connectivity index is 2.03. The number of nitrogens with zero attached hydrogens (tertiary/aromatic N) is 2. The van der Waals surface area contributed by atoms with Crippen molar-refractivity contribution in [2.75, 3.05) is 7.11 Å². The summed E-state index contributed by atoms with van der Waals surface area (Å²) in [4.78, 5) is 22.8. The molecule has 0 aromatic heterocycles. The molecular formula is C13H11N3O3S. The molecule has 7 heteroatoms. The van der Waals surface area contributed by atoms with Crippen molar-refractivity contribution in [2.24, 2.45) is 10.2 Å². The minimum Gasteiger partial charge on any atom is -0.466 e. The van der Waals surface area contributed by atoms with Crippen molar-refractivity contribution in [3.05, 3.63) is 46.9 Å². The first-order valence-electron chi connectivity index (χ1n) is 5.64. The molecule has 1 saturated heterocycles. The molecule has 102 valence electrons. The van der Waals surface area contributed by atoms with E-state index in [1.807, 2.05) is 30.3 Å². The number of amidine groups is 1. The van der Waals surface area contributed by atoms with E-state index in [1.54, 1.807) is 6.21 Å². The molecule has 1 amide bonds. The maximum atomic E-state index is 11.5. The van der Waals surface area contributed by atoms with Crippen molar-refractivity contribution in [2.45, 2.75) is 0 Å². The van der Waals surface area contributed by atoms with E-state index in [4.69, 9.17) is 0 Å². The number of amides is 1. The zero-order chi connectivity index (χ0) is 14.4. The van der Waals surface area contributed by atoms with E-state index in [9.17, 15) is 9.59 Å². The van der Waals surface area contributed by atoms with Gasteiger partial charge in [-0.3, -0.25) is 10.1 Å². The van der Waals surface area contributed by atoms with Gasteiger partial charge in [0.25, 0.3) is 5.91 Å².